The van der Waals surface area contributed by atoms with Crippen LogP contribution in [0.25, 0.3) is 10.9 Å². The zero-order chi connectivity index (χ0) is 9.97. The molecule has 0 fully saturated rings. The van der Waals surface area contributed by atoms with E-state index in [-0.39, 0.29) is 5.56 Å². The van der Waals surface area contributed by atoms with Crippen LogP contribution in [0, 0.1) is 0 Å². The molecule has 0 N–H and O–H groups in total. The predicted octanol–water partition coefficient (Wildman–Crippen LogP) is 1.93. The van der Waals surface area contributed by atoms with Crippen LogP contribution in [0.3, 0.4) is 0 Å². The van der Waals surface area contributed by atoms with Crippen LogP contribution in [0.15, 0.2) is 35.4 Å². The highest BCUT2D eigenvalue weighted by Crippen LogP contribution is 2.09. The van der Waals surface area contributed by atoms with Gasteiger partial charge in [0, 0.05) is 0 Å². The molecule has 14 heavy (non-hydrogen) atoms. The third-order valence-electron chi connectivity index (χ3n) is 1.93. The lowest BCUT2D eigenvalue weighted by Crippen LogP contribution is -2.18. The summed E-state index contributed by atoms with van der Waals surface area (Å²) in [5, 5.41) is 0.650. The Hall–Kier alpha value is -0.940. The Morgan fingerprint density at radius 1 is 1.43 bits per heavy atom. The summed E-state index contributed by atoms with van der Waals surface area (Å²) >= 11 is 4.00. The molecule has 0 bridgehead atoms. The van der Waals surface area contributed by atoms with Gasteiger partial charge in [-0.15, -0.1) is 11.7 Å². The SMILES string of the molecule is O=c1c2ccccc2ncn1CSS. The molecule has 0 saturated carbocycles. The van der Waals surface area contributed by atoms with E-state index in [1.54, 1.807) is 17.0 Å². The average Bonchev–Trinajstić information content (AvgIpc) is 2.23. The third-order valence-corrected chi connectivity index (χ3v) is 2.67. The van der Waals surface area contributed by atoms with Gasteiger partial charge in [-0.2, -0.15) is 0 Å². The van der Waals surface area contributed by atoms with E-state index >= 15 is 0 Å². The summed E-state index contributed by atoms with van der Waals surface area (Å²) in [6.07, 6.45) is 1.55. The third kappa shape index (κ3) is 1.65. The van der Waals surface area contributed by atoms with Crippen LogP contribution < -0.4 is 5.56 Å². The number of nitrogens with zero attached hydrogens (tertiary/aromatic N) is 2. The maximum absolute atomic E-state index is 11.8. The molecule has 0 aliphatic rings. The molecular formula is C9H8N2OS2. The zero-order valence-corrected chi connectivity index (χ0v) is 8.96. The first-order valence-corrected chi connectivity index (χ1v) is 6.07. The lowest BCUT2D eigenvalue weighted by atomic mass is 10.2. The molecule has 0 spiro atoms. The van der Waals surface area contributed by atoms with Gasteiger partial charge in [0.05, 0.1) is 23.1 Å². The van der Waals surface area contributed by atoms with E-state index in [9.17, 15) is 4.79 Å². The summed E-state index contributed by atoms with van der Waals surface area (Å²) in [6, 6.07) is 7.31. The van der Waals surface area contributed by atoms with Crippen LogP contribution in [0.2, 0.25) is 0 Å². The number of aromatic nitrogens is 2. The number of benzene rings is 1. The summed E-state index contributed by atoms with van der Waals surface area (Å²) < 4.78 is 1.54. The molecule has 1 heterocycles. The predicted molar refractivity (Wildman–Crippen MR) is 62.6 cm³/mol. The fraction of sp³-hybridized carbons (Fsp3) is 0.111. The van der Waals surface area contributed by atoms with Crippen molar-refractivity contribution in [1.82, 2.24) is 9.55 Å². The van der Waals surface area contributed by atoms with Gasteiger partial charge in [-0.1, -0.05) is 22.9 Å². The second-order valence-corrected chi connectivity index (χ2v) is 4.09. The van der Waals surface area contributed by atoms with Crippen molar-refractivity contribution in [1.29, 1.82) is 0 Å². The molecule has 0 atom stereocenters. The molecule has 0 radical (unpaired) electrons. The van der Waals surface area contributed by atoms with Gasteiger partial charge < -0.3 is 0 Å². The smallest absolute Gasteiger partial charge is 0.261 e. The van der Waals surface area contributed by atoms with Gasteiger partial charge in [0.25, 0.3) is 5.56 Å². The molecule has 0 amide bonds. The largest absolute Gasteiger partial charge is 0.288 e. The maximum Gasteiger partial charge on any atom is 0.261 e. The Kier molecular flexibility index (Phi) is 2.79. The van der Waals surface area contributed by atoms with Gasteiger partial charge in [0.1, 0.15) is 0 Å². The van der Waals surface area contributed by atoms with Crippen molar-refractivity contribution in [2.75, 3.05) is 0 Å². The van der Waals surface area contributed by atoms with Crippen molar-refractivity contribution in [2.45, 2.75) is 5.88 Å². The van der Waals surface area contributed by atoms with E-state index in [2.05, 4.69) is 16.6 Å². The first-order chi connectivity index (χ1) is 6.83. The molecule has 2 aromatic rings. The molecular weight excluding hydrogens is 216 g/mol. The van der Waals surface area contributed by atoms with Crippen LogP contribution in [-0.4, -0.2) is 9.55 Å². The Labute approximate surface area is 90.0 Å². The lowest BCUT2D eigenvalue weighted by Gasteiger charge is -2.02. The molecule has 0 aliphatic carbocycles. The summed E-state index contributed by atoms with van der Waals surface area (Å²) in [4.78, 5) is 16.0. The van der Waals surface area contributed by atoms with Crippen molar-refractivity contribution < 1.29 is 0 Å². The van der Waals surface area contributed by atoms with E-state index in [0.29, 0.717) is 11.3 Å². The summed E-state index contributed by atoms with van der Waals surface area (Å²) in [5.74, 6) is 0.514. The zero-order valence-electron chi connectivity index (χ0n) is 7.25. The van der Waals surface area contributed by atoms with Gasteiger partial charge in [-0.05, 0) is 12.1 Å². The Morgan fingerprint density at radius 2 is 2.21 bits per heavy atom. The number of hydrogen-bond donors (Lipinski definition) is 1. The first kappa shape index (κ1) is 9.61. The molecule has 0 unspecified atom stereocenters. The molecule has 72 valence electrons. The normalized spacial score (nSPS) is 10.6. The van der Waals surface area contributed by atoms with Gasteiger partial charge in [-0.25, -0.2) is 4.98 Å². The maximum atomic E-state index is 11.8. The van der Waals surface area contributed by atoms with Crippen LogP contribution in [0.4, 0.5) is 0 Å². The number of hydrogen-bond acceptors (Lipinski definition) is 4. The van der Waals surface area contributed by atoms with Crippen molar-refractivity contribution in [3.05, 3.63) is 40.9 Å². The van der Waals surface area contributed by atoms with Crippen LogP contribution >= 0.6 is 22.5 Å². The Morgan fingerprint density at radius 3 is 3.00 bits per heavy atom. The van der Waals surface area contributed by atoms with E-state index in [0.717, 1.165) is 5.52 Å². The average molecular weight is 224 g/mol. The second-order valence-electron chi connectivity index (χ2n) is 2.79. The Bertz CT molecular complexity index is 509. The van der Waals surface area contributed by atoms with Crippen LogP contribution in [0.1, 0.15) is 0 Å². The van der Waals surface area contributed by atoms with Crippen LogP contribution in [0.5, 0.6) is 0 Å². The van der Waals surface area contributed by atoms with Crippen molar-refractivity contribution in [3.8, 4) is 0 Å². The van der Waals surface area contributed by atoms with E-state index in [1.165, 1.54) is 10.8 Å². The van der Waals surface area contributed by atoms with Gasteiger partial charge >= 0.3 is 0 Å². The number of para-hydroxylation sites is 1. The van der Waals surface area contributed by atoms with E-state index < -0.39 is 0 Å². The lowest BCUT2D eigenvalue weighted by molar-refractivity contribution is 0.827. The number of rotatable bonds is 2. The van der Waals surface area contributed by atoms with Gasteiger partial charge in [0.15, 0.2) is 0 Å². The minimum atomic E-state index is -0.0165. The standard InChI is InChI=1S/C9H8N2OS2/c12-9-7-3-1-2-4-8(7)10-5-11(9)6-14-13/h1-5,13H,6H2. The topological polar surface area (TPSA) is 34.9 Å². The molecule has 1 aromatic heterocycles. The summed E-state index contributed by atoms with van der Waals surface area (Å²) in [5.41, 5.74) is 0.718. The highest BCUT2D eigenvalue weighted by Gasteiger charge is 2.01. The van der Waals surface area contributed by atoms with Crippen molar-refractivity contribution in [3.63, 3.8) is 0 Å². The summed E-state index contributed by atoms with van der Waals surface area (Å²) in [7, 11) is 1.29. The highest BCUT2D eigenvalue weighted by atomic mass is 33.1. The fourth-order valence-electron chi connectivity index (χ4n) is 1.26. The van der Waals surface area contributed by atoms with Gasteiger partial charge in [-0.3, -0.25) is 9.36 Å². The molecule has 2 rings (SSSR count). The van der Waals surface area contributed by atoms with Crippen molar-refractivity contribution in [2.24, 2.45) is 0 Å². The molecule has 0 aliphatic heterocycles. The quantitative estimate of drug-likeness (QED) is 0.625. The molecule has 5 heteroatoms. The van der Waals surface area contributed by atoms with Crippen molar-refractivity contribution >= 4 is 33.4 Å². The molecule has 1 aromatic carbocycles. The van der Waals surface area contributed by atoms with Gasteiger partial charge in [0.2, 0.25) is 0 Å². The Balaban J connectivity index is 2.69. The minimum Gasteiger partial charge on any atom is -0.288 e. The second kappa shape index (κ2) is 4.06. The van der Waals surface area contributed by atoms with E-state index in [4.69, 9.17) is 0 Å². The molecule has 3 nitrogen and oxygen atoms in total. The highest BCUT2D eigenvalue weighted by molar-refractivity contribution is 8.68. The minimum absolute atomic E-state index is 0.0165. The van der Waals surface area contributed by atoms with E-state index in [1.807, 2.05) is 18.2 Å². The van der Waals surface area contributed by atoms with Crippen LogP contribution in [-0.2, 0) is 5.88 Å². The first-order valence-electron chi connectivity index (χ1n) is 4.03. The fourth-order valence-corrected chi connectivity index (χ4v) is 1.94. The number of thiol groups is 1. The molecule has 0 saturated heterocycles. The number of fused-ring (bicyclic) bond motifs is 1. The monoisotopic (exact) mass is 224 g/mol. The summed E-state index contributed by atoms with van der Waals surface area (Å²) in [6.45, 7) is 0.